The average Bonchev–Trinajstić information content (AvgIpc) is 3.17. The van der Waals surface area contributed by atoms with E-state index in [1.807, 2.05) is 24.3 Å². The average molecular weight is 340 g/mol. The number of imidazole rings is 1. The first-order chi connectivity index (χ1) is 11.6. The molecule has 1 fully saturated rings. The van der Waals surface area contributed by atoms with E-state index in [-0.39, 0.29) is 17.0 Å². The maximum atomic E-state index is 12.4. The number of aromatic nitrogens is 2. The highest BCUT2D eigenvalue weighted by Gasteiger charge is 2.36. The third-order valence-electron chi connectivity index (χ3n) is 3.84. The zero-order valence-electron chi connectivity index (χ0n) is 12.4. The molecule has 1 aliphatic heterocycles. The van der Waals surface area contributed by atoms with Crippen molar-refractivity contribution in [1.29, 1.82) is 0 Å². The number of hydrogen-bond donors (Lipinski definition) is 1. The number of non-ortho nitro benzene ring substituents is 1. The van der Waals surface area contributed by atoms with Crippen LogP contribution in [0.5, 0.6) is 0 Å². The molecule has 1 atom stereocenters. The number of carbonyl (C=O) groups excluding carboxylic acids is 1. The smallest absolute Gasteiger partial charge is 0.269 e. The van der Waals surface area contributed by atoms with Gasteiger partial charge in [0.05, 0.1) is 21.7 Å². The Morgan fingerprint density at radius 1 is 1.25 bits per heavy atom. The van der Waals surface area contributed by atoms with Crippen LogP contribution in [0.25, 0.3) is 11.0 Å². The molecule has 2 aromatic carbocycles. The van der Waals surface area contributed by atoms with Crippen LogP contribution >= 0.6 is 11.8 Å². The number of nitro groups is 1. The molecular weight excluding hydrogens is 328 g/mol. The first kappa shape index (κ1) is 14.7. The van der Waals surface area contributed by atoms with Crippen molar-refractivity contribution in [2.75, 3.05) is 10.7 Å². The minimum absolute atomic E-state index is 0.0111. The molecule has 1 N–H and O–H groups in total. The van der Waals surface area contributed by atoms with Crippen molar-refractivity contribution in [2.24, 2.45) is 0 Å². The summed E-state index contributed by atoms with van der Waals surface area (Å²) in [5.74, 6) is 0.697. The molecule has 0 saturated carbocycles. The lowest BCUT2D eigenvalue weighted by Gasteiger charge is -2.21. The van der Waals surface area contributed by atoms with Crippen LogP contribution in [0.15, 0.2) is 48.5 Å². The minimum Gasteiger partial charge on any atom is -0.324 e. The topological polar surface area (TPSA) is 92.1 Å². The van der Waals surface area contributed by atoms with Crippen molar-refractivity contribution in [1.82, 2.24) is 9.97 Å². The molecule has 0 spiro atoms. The Hall–Kier alpha value is -2.87. The number of amides is 1. The molecule has 2 heterocycles. The molecule has 3 aromatic rings. The molecular formula is C16H12N4O3S. The fraction of sp³-hybridized carbons (Fsp3) is 0.125. The molecule has 0 aliphatic carbocycles. The van der Waals surface area contributed by atoms with Gasteiger partial charge in [-0.15, -0.1) is 11.8 Å². The van der Waals surface area contributed by atoms with Gasteiger partial charge in [0.1, 0.15) is 5.37 Å². The number of H-pyrrole nitrogens is 1. The van der Waals surface area contributed by atoms with Crippen LogP contribution in [-0.2, 0) is 4.79 Å². The summed E-state index contributed by atoms with van der Waals surface area (Å²) in [6, 6.07) is 13.9. The van der Waals surface area contributed by atoms with Gasteiger partial charge in [-0.2, -0.15) is 0 Å². The van der Waals surface area contributed by atoms with E-state index in [2.05, 4.69) is 9.97 Å². The van der Waals surface area contributed by atoms with E-state index in [9.17, 15) is 14.9 Å². The van der Waals surface area contributed by atoms with Gasteiger partial charge in [-0.05, 0) is 17.7 Å². The van der Waals surface area contributed by atoms with Crippen LogP contribution in [0.4, 0.5) is 11.6 Å². The van der Waals surface area contributed by atoms with Gasteiger partial charge in [-0.25, -0.2) is 4.98 Å². The van der Waals surface area contributed by atoms with Crippen LogP contribution < -0.4 is 4.90 Å². The maximum absolute atomic E-state index is 12.4. The van der Waals surface area contributed by atoms with E-state index in [0.717, 1.165) is 11.0 Å². The summed E-state index contributed by atoms with van der Waals surface area (Å²) >= 11 is 1.43. The van der Waals surface area contributed by atoms with Crippen molar-refractivity contribution in [3.05, 3.63) is 64.2 Å². The summed E-state index contributed by atoms with van der Waals surface area (Å²) in [5, 5.41) is 10.7. The predicted molar refractivity (Wildman–Crippen MR) is 91.9 cm³/mol. The van der Waals surface area contributed by atoms with Gasteiger partial charge in [0.25, 0.3) is 5.69 Å². The van der Waals surface area contributed by atoms with Crippen LogP contribution in [0, 0.1) is 10.1 Å². The van der Waals surface area contributed by atoms with Gasteiger partial charge in [-0.3, -0.25) is 19.8 Å². The number of thioether (sulfide) groups is 1. The Morgan fingerprint density at radius 3 is 2.88 bits per heavy atom. The molecule has 1 aromatic heterocycles. The van der Waals surface area contributed by atoms with Gasteiger partial charge in [0.15, 0.2) is 0 Å². The van der Waals surface area contributed by atoms with Gasteiger partial charge in [0.2, 0.25) is 11.9 Å². The Morgan fingerprint density at radius 2 is 2.08 bits per heavy atom. The number of nitrogens with one attached hydrogen (secondary N) is 1. The number of nitro benzene ring substituents is 1. The second kappa shape index (κ2) is 5.64. The lowest BCUT2D eigenvalue weighted by Crippen LogP contribution is -2.28. The van der Waals surface area contributed by atoms with Crippen molar-refractivity contribution >= 4 is 40.3 Å². The number of hydrogen-bond acceptors (Lipinski definition) is 5. The van der Waals surface area contributed by atoms with E-state index < -0.39 is 4.92 Å². The largest absolute Gasteiger partial charge is 0.324 e. The molecule has 1 saturated heterocycles. The molecule has 1 aliphatic rings. The zero-order chi connectivity index (χ0) is 16.7. The number of anilines is 1. The second-order valence-electron chi connectivity index (χ2n) is 5.36. The number of rotatable bonds is 3. The third-order valence-corrected chi connectivity index (χ3v) is 5.05. The highest BCUT2D eigenvalue weighted by molar-refractivity contribution is 8.00. The van der Waals surface area contributed by atoms with Crippen molar-refractivity contribution in [2.45, 2.75) is 5.37 Å². The standard InChI is InChI=1S/C16H12N4O3S/c21-14-9-24-15(10-4-3-5-11(8-10)20(22)23)19(14)16-17-12-6-1-2-7-13(12)18-16/h1-8,15H,9H2,(H,17,18). The van der Waals surface area contributed by atoms with E-state index in [4.69, 9.17) is 0 Å². The molecule has 1 amide bonds. The fourth-order valence-corrected chi connectivity index (χ4v) is 3.89. The van der Waals surface area contributed by atoms with Crippen LogP contribution in [-0.4, -0.2) is 26.6 Å². The van der Waals surface area contributed by atoms with Gasteiger partial charge in [-0.1, -0.05) is 24.3 Å². The van der Waals surface area contributed by atoms with E-state index >= 15 is 0 Å². The Balaban J connectivity index is 1.76. The van der Waals surface area contributed by atoms with Crippen LogP contribution in [0.1, 0.15) is 10.9 Å². The fourth-order valence-electron chi connectivity index (χ4n) is 2.74. The van der Waals surface area contributed by atoms with Crippen molar-refractivity contribution in [3.63, 3.8) is 0 Å². The molecule has 0 bridgehead atoms. The minimum atomic E-state index is -0.434. The molecule has 1 unspecified atom stereocenters. The van der Waals surface area contributed by atoms with Gasteiger partial charge >= 0.3 is 0 Å². The number of benzene rings is 2. The number of aromatic amines is 1. The molecule has 120 valence electrons. The van der Waals surface area contributed by atoms with E-state index in [0.29, 0.717) is 17.3 Å². The monoisotopic (exact) mass is 340 g/mol. The van der Waals surface area contributed by atoms with Crippen LogP contribution in [0.3, 0.4) is 0 Å². The molecule has 8 heteroatoms. The lowest BCUT2D eigenvalue weighted by molar-refractivity contribution is -0.384. The Kier molecular flexibility index (Phi) is 3.46. The quantitative estimate of drug-likeness (QED) is 0.583. The number of fused-ring (bicyclic) bond motifs is 1. The van der Waals surface area contributed by atoms with Gasteiger partial charge < -0.3 is 4.98 Å². The first-order valence-electron chi connectivity index (χ1n) is 7.26. The Bertz CT molecular complexity index is 922. The van der Waals surface area contributed by atoms with Crippen molar-refractivity contribution in [3.8, 4) is 0 Å². The normalized spacial score (nSPS) is 17.6. The van der Waals surface area contributed by atoms with Gasteiger partial charge in [0, 0.05) is 12.1 Å². The predicted octanol–water partition coefficient (Wildman–Crippen LogP) is 3.25. The summed E-state index contributed by atoms with van der Waals surface area (Å²) in [4.78, 5) is 32.1. The summed E-state index contributed by atoms with van der Waals surface area (Å²) in [6.45, 7) is 0. The number of para-hydroxylation sites is 2. The van der Waals surface area contributed by atoms with E-state index in [1.165, 1.54) is 23.9 Å². The maximum Gasteiger partial charge on any atom is 0.269 e. The molecule has 7 nitrogen and oxygen atoms in total. The van der Waals surface area contributed by atoms with E-state index in [1.54, 1.807) is 17.0 Å². The van der Waals surface area contributed by atoms with Crippen molar-refractivity contribution < 1.29 is 9.72 Å². The van der Waals surface area contributed by atoms with Crippen LogP contribution in [0.2, 0.25) is 0 Å². The SMILES string of the molecule is O=C1CSC(c2cccc([N+](=O)[O-])c2)N1c1nc2ccccc2[nH]1. The summed E-state index contributed by atoms with van der Waals surface area (Å²) < 4.78 is 0. The lowest BCUT2D eigenvalue weighted by atomic mass is 10.2. The molecule has 0 radical (unpaired) electrons. The third kappa shape index (κ3) is 2.41. The molecule has 4 rings (SSSR count). The highest BCUT2D eigenvalue weighted by Crippen LogP contribution is 2.41. The zero-order valence-corrected chi connectivity index (χ0v) is 13.2. The Labute approximate surface area is 140 Å². The summed E-state index contributed by atoms with van der Waals surface area (Å²) in [5.41, 5.74) is 2.34. The summed E-state index contributed by atoms with van der Waals surface area (Å²) in [7, 11) is 0. The summed E-state index contributed by atoms with van der Waals surface area (Å²) in [6.07, 6.45) is 0. The first-order valence-corrected chi connectivity index (χ1v) is 8.31. The second-order valence-corrected chi connectivity index (χ2v) is 6.43. The number of nitrogens with zero attached hydrogens (tertiary/aromatic N) is 3. The highest BCUT2D eigenvalue weighted by atomic mass is 32.2. The number of carbonyl (C=O) groups is 1. The molecule has 24 heavy (non-hydrogen) atoms.